The summed E-state index contributed by atoms with van der Waals surface area (Å²) >= 11 is 0. The number of ether oxygens (including phenoxy) is 2. The van der Waals surface area contributed by atoms with E-state index in [1.165, 1.54) is 25.5 Å². The third-order valence-corrected chi connectivity index (χ3v) is 3.08. The average molecular weight is 352 g/mol. The molecule has 0 bridgehead atoms. The van der Waals surface area contributed by atoms with Gasteiger partial charge in [0, 0.05) is 11.8 Å². The van der Waals surface area contributed by atoms with Gasteiger partial charge >= 0.3 is 6.36 Å². The number of alkyl halides is 3. The molecule has 0 spiro atoms. The number of hydrogen-bond acceptors (Lipinski definition) is 4. The van der Waals surface area contributed by atoms with Crippen LogP contribution in [0.1, 0.15) is 17.3 Å². The smallest absolute Gasteiger partial charge is 0.497 e. The van der Waals surface area contributed by atoms with E-state index >= 15 is 0 Å². The fourth-order valence-electron chi connectivity index (χ4n) is 2.00. The van der Waals surface area contributed by atoms with Crippen molar-refractivity contribution in [2.75, 3.05) is 12.1 Å². The molecule has 2 aromatic rings. The normalized spacial score (nSPS) is 11.4. The van der Waals surface area contributed by atoms with Crippen LogP contribution in [-0.2, 0) is 0 Å². The van der Waals surface area contributed by atoms with Crippen LogP contribution in [0.5, 0.6) is 11.5 Å². The van der Waals surface area contributed by atoms with E-state index in [2.05, 4.69) is 9.84 Å². The molecule has 0 aliphatic heterocycles. The zero-order chi connectivity index (χ0) is 18.4. The average Bonchev–Trinajstić information content (AvgIpc) is 2.58. The molecule has 0 aromatic heterocycles. The second-order valence-electron chi connectivity index (χ2n) is 4.76. The lowest BCUT2D eigenvalue weighted by molar-refractivity contribution is -0.274. The molecule has 0 saturated carbocycles. The first kappa shape index (κ1) is 18.3. The molecule has 1 amide bonds. The molecule has 132 valence electrons. The maximum Gasteiger partial charge on any atom is 0.573 e. The Hall–Kier alpha value is -3.03. The van der Waals surface area contributed by atoms with Crippen molar-refractivity contribution in [1.82, 2.24) is 0 Å². The standard InChI is InChI=1S/C17H15F3N2O3/c1-3-21-22(13-6-10-14(24-2)11-7-13)16(23)12-4-8-15(9-5-12)25-17(18,19)20/h3-11H,1-2H3/b21-3-. The Kier molecular flexibility index (Phi) is 5.63. The highest BCUT2D eigenvalue weighted by molar-refractivity contribution is 6.06. The highest BCUT2D eigenvalue weighted by Gasteiger charge is 2.31. The monoisotopic (exact) mass is 352 g/mol. The Bertz CT molecular complexity index is 741. The molecule has 5 nitrogen and oxygen atoms in total. The van der Waals surface area contributed by atoms with Gasteiger partial charge in [0.15, 0.2) is 0 Å². The number of rotatable bonds is 5. The highest BCUT2D eigenvalue weighted by atomic mass is 19.4. The summed E-state index contributed by atoms with van der Waals surface area (Å²) in [5.74, 6) is -0.286. The van der Waals surface area contributed by atoms with Crippen molar-refractivity contribution < 1.29 is 27.4 Å². The molecule has 0 atom stereocenters. The van der Waals surface area contributed by atoms with Crippen LogP contribution in [0.2, 0.25) is 0 Å². The molecule has 0 unspecified atom stereocenters. The number of anilines is 1. The summed E-state index contributed by atoms with van der Waals surface area (Å²) in [4.78, 5) is 12.6. The maximum atomic E-state index is 12.6. The minimum Gasteiger partial charge on any atom is -0.497 e. The Morgan fingerprint density at radius 2 is 1.60 bits per heavy atom. The van der Waals surface area contributed by atoms with Crippen molar-refractivity contribution in [2.24, 2.45) is 5.10 Å². The van der Waals surface area contributed by atoms with Crippen molar-refractivity contribution in [3.05, 3.63) is 54.1 Å². The lowest BCUT2D eigenvalue weighted by atomic mass is 10.2. The van der Waals surface area contributed by atoms with Crippen LogP contribution in [-0.4, -0.2) is 25.6 Å². The lowest BCUT2D eigenvalue weighted by Gasteiger charge is -2.17. The van der Waals surface area contributed by atoms with E-state index in [4.69, 9.17) is 4.74 Å². The third-order valence-electron chi connectivity index (χ3n) is 3.08. The van der Waals surface area contributed by atoms with Gasteiger partial charge in [0.1, 0.15) is 11.5 Å². The number of methoxy groups -OCH3 is 1. The molecular weight excluding hydrogens is 337 g/mol. The number of amides is 1. The molecule has 8 heteroatoms. The summed E-state index contributed by atoms with van der Waals surface area (Å²) < 4.78 is 45.4. The van der Waals surface area contributed by atoms with Crippen LogP contribution in [0, 0.1) is 0 Å². The zero-order valence-corrected chi connectivity index (χ0v) is 13.4. The summed E-state index contributed by atoms with van der Waals surface area (Å²) in [6.45, 7) is 1.64. The molecule has 0 fully saturated rings. The lowest BCUT2D eigenvalue weighted by Crippen LogP contribution is -2.25. The molecule has 0 heterocycles. The fraction of sp³-hybridized carbons (Fsp3) is 0.176. The van der Waals surface area contributed by atoms with E-state index < -0.39 is 18.0 Å². The van der Waals surface area contributed by atoms with Crippen LogP contribution in [0.4, 0.5) is 18.9 Å². The van der Waals surface area contributed by atoms with Gasteiger partial charge in [-0.15, -0.1) is 13.2 Å². The van der Waals surface area contributed by atoms with Crippen molar-refractivity contribution in [3.8, 4) is 11.5 Å². The number of hydrogen-bond donors (Lipinski definition) is 0. The van der Waals surface area contributed by atoms with Crippen LogP contribution >= 0.6 is 0 Å². The quantitative estimate of drug-likeness (QED) is 0.597. The molecule has 25 heavy (non-hydrogen) atoms. The highest BCUT2D eigenvalue weighted by Crippen LogP contribution is 2.25. The van der Waals surface area contributed by atoms with Crippen LogP contribution in [0.3, 0.4) is 0 Å². The molecule has 0 N–H and O–H groups in total. The van der Waals surface area contributed by atoms with Crippen molar-refractivity contribution in [1.29, 1.82) is 0 Å². The van der Waals surface area contributed by atoms with Crippen LogP contribution in [0.15, 0.2) is 53.6 Å². The maximum absolute atomic E-state index is 12.6. The third kappa shape index (κ3) is 4.97. The topological polar surface area (TPSA) is 51.1 Å². The minimum atomic E-state index is -4.78. The minimum absolute atomic E-state index is 0.163. The summed E-state index contributed by atoms with van der Waals surface area (Å²) in [7, 11) is 1.52. The van der Waals surface area contributed by atoms with Gasteiger partial charge in [-0.05, 0) is 55.5 Å². The first-order chi connectivity index (χ1) is 11.8. The van der Waals surface area contributed by atoms with Gasteiger partial charge in [-0.2, -0.15) is 10.1 Å². The first-order valence-electron chi connectivity index (χ1n) is 7.17. The van der Waals surface area contributed by atoms with E-state index in [0.29, 0.717) is 11.4 Å². The molecular formula is C17H15F3N2O3. The second-order valence-corrected chi connectivity index (χ2v) is 4.76. The van der Waals surface area contributed by atoms with Crippen molar-refractivity contribution in [2.45, 2.75) is 13.3 Å². The second kappa shape index (κ2) is 7.69. The number of nitrogens with zero attached hydrogens (tertiary/aromatic N) is 2. The van der Waals surface area contributed by atoms with E-state index in [9.17, 15) is 18.0 Å². The van der Waals surface area contributed by atoms with Crippen LogP contribution < -0.4 is 14.5 Å². The van der Waals surface area contributed by atoms with E-state index in [1.54, 1.807) is 31.2 Å². The summed E-state index contributed by atoms with van der Waals surface area (Å²) in [5, 5.41) is 5.15. The molecule has 0 saturated heterocycles. The number of carbonyl (C=O) groups is 1. The Morgan fingerprint density at radius 1 is 1.04 bits per heavy atom. The van der Waals surface area contributed by atoms with Gasteiger partial charge in [0.2, 0.25) is 0 Å². The predicted molar refractivity (Wildman–Crippen MR) is 87.1 cm³/mol. The van der Waals surface area contributed by atoms with Crippen LogP contribution in [0.25, 0.3) is 0 Å². The van der Waals surface area contributed by atoms with Gasteiger partial charge in [0.05, 0.1) is 12.8 Å². The SMILES string of the molecule is C/C=N\N(C(=O)c1ccc(OC(F)(F)F)cc1)c1ccc(OC)cc1. The van der Waals surface area contributed by atoms with E-state index in [0.717, 1.165) is 17.1 Å². The van der Waals surface area contributed by atoms with Crippen molar-refractivity contribution >= 4 is 17.8 Å². The van der Waals surface area contributed by atoms with Gasteiger partial charge in [-0.1, -0.05) is 0 Å². The predicted octanol–water partition coefficient (Wildman–Crippen LogP) is 4.25. The number of hydrazone groups is 1. The Balaban J connectivity index is 2.24. The van der Waals surface area contributed by atoms with Crippen molar-refractivity contribution in [3.63, 3.8) is 0 Å². The molecule has 0 aliphatic carbocycles. The van der Waals surface area contributed by atoms with Gasteiger partial charge in [0.25, 0.3) is 5.91 Å². The van der Waals surface area contributed by atoms with Gasteiger partial charge in [-0.25, -0.2) is 0 Å². The molecule has 2 rings (SSSR count). The molecule has 0 aliphatic rings. The van der Waals surface area contributed by atoms with Gasteiger partial charge in [-0.3, -0.25) is 4.79 Å². The number of benzene rings is 2. The zero-order valence-electron chi connectivity index (χ0n) is 13.4. The first-order valence-corrected chi connectivity index (χ1v) is 7.17. The van der Waals surface area contributed by atoms with E-state index in [1.807, 2.05) is 0 Å². The summed E-state index contributed by atoms with van der Waals surface area (Å²) in [5.41, 5.74) is 0.649. The molecule has 0 radical (unpaired) electrons. The largest absolute Gasteiger partial charge is 0.573 e. The summed E-state index contributed by atoms with van der Waals surface area (Å²) in [6.07, 6.45) is -3.35. The molecule has 2 aromatic carbocycles. The van der Waals surface area contributed by atoms with Gasteiger partial charge < -0.3 is 9.47 Å². The Morgan fingerprint density at radius 3 is 2.08 bits per heavy atom. The fourth-order valence-corrected chi connectivity index (χ4v) is 2.00. The van der Waals surface area contributed by atoms with E-state index in [-0.39, 0.29) is 5.56 Å². The Labute approximate surface area is 142 Å². The number of halogens is 3. The number of carbonyl (C=O) groups excluding carboxylic acids is 1. The summed E-state index contributed by atoms with van der Waals surface area (Å²) in [6, 6.07) is 11.2.